The van der Waals surface area contributed by atoms with Gasteiger partial charge in [-0.2, -0.15) is 0 Å². The number of carbonyl (C=O) groups excluding carboxylic acids is 1. The summed E-state index contributed by atoms with van der Waals surface area (Å²) in [5, 5.41) is 12.8. The number of fused-ring (bicyclic) bond motifs is 1. The highest BCUT2D eigenvalue weighted by atomic mass is 32.1. The predicted molar refractivity (Wildman–Crippen MR) is 69.3 cm³/mol. The van der Waals surface area contributed by atoms with Gasteiger partial charge in [0.15, 0.2) is 5.13 Å². The Morgan fingerprint density at radius 3 is 3.05 bits per heavy atom. The summed E-state index contributed by atoms with van der Waals surface area (Å²) < 4.78 is 5.00. The number of nitrogens with one attached hydrogen (secondary N) is 1. The number of carboxylic acid groups (broad SMARTS) is 1. The molecule has 0 aromatic carbocycles. The molecule has 1 heterocycles. The molecule has 0 bridgehead atoms. The van der Waals surface area contributed by atoms with Gasteiger partial charge in [-0.25, -0.2) is 4.98 Å². The van der Waals surface area contributed by atoms with Crippen molar-refractivity contribution in [3.8, 4) is 0 Å². The smallest absolute Gasteiger partial charge is 0.312 e. The zero-order valence-corrected chi connectivity index (χ0v) is 11.0. The number of hydrogen-bond acceptors (Lipinski definition) is 6. The first-order valence-electron chi connectivity index (χ1n) is 5.90. The molecule has 0 saturated carbocycles. The first-order chi connectivity index (χ1) is 9.08. The van der Waals surface area contributed by atoms with Crippen LogP contribution in [0.1, 0.15) is 22.9 Å². The van der Waals surface area contributed by atoms with Crippen LogP contribution in [0.15, 0.2) is 0 Å². The lowest BCUT2D eigenvalue weighted by molar-refractivity contribution is -0.138. The molecule has 7 nitrogen and oxygen atoms in total. The number of aliphatic carboxylic acids is 1. The number of nitrogens with zero attached hydrogens (tertiary/aromatic N) is 1. The van der Waals surface area contributed by atoms with Gasteiger partial charge in [-0.3, -0.25) is 9.59 Å². The predicted octanol–water partition coefficient (Wildman–Crippen LogP) is 0.171. The number of aromatic nitrogens is 1. The lowest BCUT2D eigenvalue weighted by Gasteiger charge is -2.04. The van der Waals surface area contributed by atoms with Crippen molar-refractivity contribution in [2.24, 2.45) is 5.73 Å². The van der Waals surface area contributed by atoms with Gasteiger partial charge in [0, 0.05) is 11.4 Å². The molecular formula is C11H15N3O4S. The SMILES string of the molecule is NC(=O)COCCNc1nc2c(s1)CCC2C(=O)O. The molecule has 1 aromatic rings. The van der Waals surface area contributed by atoms with Crippen LogP contribution in [-0.2, 0) is 20.7 Å². The Kier molecular flexibility index (Phi) is 4.33. The van der Waals surface area contributed by atoms with E-state index in [1.54, 1.807) is 0 Å². The fourth-order valence-electron chi connectivity index (χ4n) is 1.95. The summed E-state index contributed by atoms with van der Waals surface area (Å²) in [6.07, 6.45) is 1.40. The summed E-state index contributed by atoms with van der Waals surface area (Å²) in [5.74, 6) is -1.80. The molecule has 1 amide bonds. The van der Waals surface area contributed by atoms with Gasteiger partial charge in [0.2, 0.25) is 5.91 Å². The molecule has 2 rings (SSSR count). The van der Waals surface area contributed by atoms with Gasteiger partial charge in [0.25, 0.3) is 0 Å². The number of anilines is 1. The molecule has 0 saturated heterocycles. The molecule has 0 radical (unpaired) electrons. The van der Waals surface area contributed by atoms with Gasteiger partial charge in [-0.15, -0.1) is 11.3 Å². The maximum absolute atomic E-state index is 11.0. The molecule has 8 heteroatoms. The monoisotopic (exact) mass is 285 g/mol. The van der Waals surface area contributed by atoms with Crippen LogP contribution in [-0.4, -0.2) is 41.7 Å². The van der Waals surface area contributed by atoms with Gasteiger partial charge >= 0.3 is 5.97 Å². The fourth-order valence-corrected chi connectivity index (χ4v) is 3.01. The van der Waals surface area contributed by atoms with E-state index in [0.29, 0.717) is 30.4 Å². The highest BCUT2D eigenvalue weighted by Gasteiger charge is 2.32. The minimum Gasteiger partial charge on any atom is -0.481 e. The quantitative estimate of drug-likeness (QED) is 0.615. The maximum Gasteiger partial charge on any atom is 0.312 e. The largest absolute Gasteiger partial charge is 0.481 e. The molecule has 0 fully saturated rings. The molecule has 0 aliphatic heterocycles. The Morgan fingerprint density at radius 1 is 1.58 bits per heavy atom. The zero-order chi connectivity index (χ0) is 13.8. The summed E-state index contributed by atoms with van der Waals surface area (Å²) in [4.78, 5) is 26.8. The van der Waals surface area contributed by atoms with Crippen molar-refractivity contribution in [2.45, 2.75) is 18.8 Å². The number of hydrogen-bond donors (Lipinski definition) is 3. The Bertz CT molecular complexity index is 488. The summed E-state index contributed by atoms with van der Waals surface area (Å²) in [5.41, 5.74) is 5.61. The third-order valence-corrected chi connectivity index (χ3v) is 3.87. The molecule has 1 aliphatic rings. The summed E-state index contributed by atoms with van der Waals surface area (Å²) >= 11 is 1.47. The number of primary amides is 1. The van der Waals surface area contributed by atoms with E-state index in [9.17, 15) is 9.59 Å². The molecule has 0 spiro atoms. The van der Waals surface area contributed by atoms with Crippen LogP contribution in [0, 0.1) is 0 Å². The van der Waals surface area contributed by atoms with E-state index in [2.05, 4.69) is 10.3 Å². The topological polar surface area (TPSA) is 115 Å². The van der Waals surface area contributed by atoms with E-state index in [1.807, 2.05) is 0 Å². The molecule has 4 N–H and O–H groups in total. The molecule has 19 heavy (non-hydrogen) atoms. The van der Waals surface area contributed by atoms with Crippen molar-refractivity contribution < 1.29 is 19.4 Å². The number of thiazole rings is 1. The van der Waals surface area contributed by atoms with E-state index in [-0.39, 0.29) is 6.61 Å². The first kappa shape index (κ1) is 13.8. The van der Waals surface area contributed by atoms with Crippen LogP contribution in [0.4, 0.5) is 5.13 Å². The number of carboxylic acids is 1. The summed E-state index contributed by atoms with van der Waals surface area (Å²) in [7, 11) is 0. The summed E-state index contributed by atoms with van der Waals surface area (Å²) in [6.45, 7) is 0.740. The van der Waals surface area contributed by atoms with Gasteiger partial charge in [0.05, 0.1) is 12.3 Å². The van der Waals surface area contributed by atoms with Crippen LogP contribution >= 0.6 is 11.3 Å². The van der Waals surface area contributed by atoms with Gasteiger partial charge < -0.3 is 20.9 Å². The molecule has 1 aliphatic carbocycles. The molecule has 1 aromatic heterocycles. The number of nitrogens with two attached hydrogens (primary N) is 1. The second-order valence-electron chi connectivity index (χ2n) is 4.20. The van der Waals surface area contributed by atoms with Crippen LogP contribution in [0.5, 0.6) is 0 Å². The zero-order valence-electron chi connectivity index (χ0n) is 10.2. The molecule has 104 valence electrons. The van der Waals surface area contributed by atoms with Gasteiger partial charge in [-0.1, -0.05) is 0 Å². The number of ether oxygens (including phenoxy) is 1. The minimum atomic E-state index is -0.819. The van der Waals surface area contributed by atoms with E-state index in [1.165, 1.54) is 11.3 Å². The third kappa shape index (κ3) is 3.42. The Morgan fingerprint density at radius 2 is 2.37 bits per heavy atom. The lowest BCUT2D eigenvalue weighted by atomic mass is 10.1. The summed E-state index contributed by atoms with van der Waals surface area (Å²) in [6, 6.07) is 0. The lowest BCUT2D eigenvalue weighted by Crippen LogP contribution is -2.20. The second-order valence-corrected chi connectivity index (χ2v) is 5.29. The number of amides is 1. The van der Waals surface area contributed by atoms with E-state index >= 15 is 0 Å². The van der Waals surface area contributed by atoms with Crippen molar-refractivity contribution in [1.82, 2.24) is 4.98 Å². The van der Waals surface area contributed by atoms with Crippen molar-refractivity contribution in [3.63, 3.8) is 0 Å². The standard InChI is InChI=1S/C11H15N3O4S/c12-8(15)5-18-4-3-13-11-14-9-6(10(16)17)1-2-7(9)19-11/h6H,1-5H2,(H2,12,15)(H,13,14)(H,16,17). The highest BCUT2D eigenvalue weighted by Crippen LogP contribution is 2.38. The van der Waals surface area contributed by atoms with Crippen molar-refractivity contribution in [3.05, 3.63) is 10.6 Å². The van der Waals surface area contributed by atoms with Crippen molar-refractivity contribution in [2.75, 3.05) is 25.1 Å². The highest BCUT2D eigenvalue weighted by molar-refractivity contribution is 7.15. The van der Waals surface area contributed by atoms with Crippen LogP contribution in [0.2, 0.25) is 0 Å². The number of carbonyl (C=O) groups is 2. The second kappa shape index (κ2) is 5.98. The third-order valence-electron chi connectivity index (χ3n) is 2.78. The van der Waals surface area contributed by atoms with Crippen LogP contribution < -0.4 is 11.1 Å². The Balaban J connectivity index is 1.82. The number of aryl methyl sites for hydroxylation is 1. The molecular weight excluding hydrogens is 270 g/mol. The first-order valence-corrected chi connectivity index (χ1v) is 6.72. The Labute approximate surface area is 113 Å². The minimum absolute atomic E-state index is 0.100. The average molecular weight is 285 g/mol. The van der Waals surface area contributed by atoms with Crippen LogP contribution in [0.25, 0.3) is 0 Å². The van der Waals surface area contributed by atoms with E-state index < -0.39 is 17.8 Å². The van der Waals surface area contributed by atoms with E-state index in [0.717, 1.165) is 11.3 Å². The van der Waals surface area contributed by atoms with E-state index in [4.69, 9.17) is 15.6 Å². The van der Waals surface area contributed by atoms with Crippen molar-refractivity contribution in [1.29, 1.82) is 0 Å². The number of rotatable bonds is 7. The van der Waals surface area contributed by atoms with Crippen molar-refractivity contribution >= 4 is 28.3 Å². The maximum atomic E-state index is 11.0. The average Bonchev–Trinajstić information content (AvgIpc) is 2.86. The normalized spacial score (nSPS) is 17.2. The Hall–Kier alpha value is -1.67. The van der Waals surface area contributed by atoms with Crippen LogP contribution in [0.3, 0.4) is 0 Å². The molecule has 1 unspecified atom stereocenters. The van der Waals surface area contributed by atoms with Gasteiger partial charge in [0.1, 0.15) is 12.5 Å². The fraction of sp³-hybridized carbons (Fsp3) is 0.545. The molecule has 1 atom stereocenters. The van der Waals surface area contributed by atoms with Gasteiger partial charge in [-0.05, 0) is 12.8 Å².